The number of nitrogens with zero attached hydrogens (tertiary/aromatic N) is 4. The maximum absolute atomic E-state index is 12.6. The standard InChI is InChI=1S/C40H41N5O4/c46-28-29-13-15-31(16-14-29)37-25-36(27-44-19-21-45(22-20-44)40-41-17-6-18-42-40)48-39(49-37)35-12-5-11-34(24-35)33-10-4-7-30(23-33)26-43-38(47)32-8-2-1-3-9-32/h1-18,23-24,36-37,39,46H,19-22,25-28H2,(H,43,47)/t36-,37+,39+/m1/s1. The van der Waals surface area contributed by atoms with Crippen LogP contribution in [0.25, 0.3) is 11.1 Å². The molecule has 49 heavy (non-hydrogen) atoms. The summed E-state index contributed by atoms with van der Waals surface area (Å²) in [6.45, 7) is 4.76. The molecule has 1 amide bonds. The summed E-state index contributed by atoms with van der Waals surface area (Å²) < 4.78 is 13.4. The molecule has 0 aliphatic carbocycles. The average Bonchev–Trinajstić information content (AvgIpc) is 3.18. The van der Waals surface area contributed by atoms with E-state index in [1.165, 1.54) is 0 Å². The number of nitrogens with one attached hydrogen (secondary N) is 1. The molecular formula is C40H41N5O4. The summed E-state index contributed by atoms with van der Waals surface area (Å²) in [5, 5.41) is 12.6. The van der Waals surface area contributed by atoms with Crippen molar-refractivity contribution >= 4 is 11.9 Å². The minimum atomic E-state index is -0.548. The summed E-state index contributed by atoms with van der Waals surface area (Å²) in [7, 11) is 0. The van der Waals surface area contributed by atoms with Crippen molar-refractivity contribution in [1.82, 2.24) is 20.2 Å². The van der Waals surface area contributed by atoms with E-state index in [9.17, 15) is 9.90 Å². The molecule has 3 heterocycles. The van der Waals surface area contributed by atoms with Crippen LogP contribution in [0.1, 0.15) is 51.4 Å². The van der Waals surface area contributed by atoms with Crippen molar-refractivity contribution in [1.29, 1.82) is 0 Å². The van der Waals surface area contributed by atoms with Crippen molar-refractivity contribution in [3.63, 3.8) is 0 Å². The highest BCUT2D eigenvalue weighted by Crippen LogP contribution is 2.39. The van der Waals surface area contributed by atoms with Crippen molar-refractivity contribution in [2.24, 2.45) is 0 Å². The van der Waals surface area contributed by atoms with Gasteiger partial charge in [-0.1, -0.05) is 78.9 Å². The lowest BCUT2D eigenvalue weighted by Crippen LogP contribution is -2.50. The molecular weight excluding hydrogens is 614 g/mol. The highest BCUT2D eigenvalue weighted by atomic mass is 16.7. The third-order valence-electron chi connectivity index (χ3n) is 9.19. The van der Waals surface area contributed by atoms with Crippen molar-refractivity contribution in [3.8, 4) is 11.1 Å². The Morgan fingerprint density at radius 2 is 1.49 bits per heavy atom. The molecule has 3 atom stereocenters. The van der Waals surface area contributed by atoms with E-state index >= 15 is 0 Å². The van der Waals surface area contributed by atoms with Gasteiger partial charge in [-0.2, -0.15) is 0 Å². The Kier molecular flexibility index (Phi) is 10.3. The maximum Gasteiger partial charge on any atom is 0.251 e. The van der Waals surface area contributed by atoms with Crippen LogP contribution in [-0.2, 0) is 22.6 Å². The van der Waals surface area contributed by atoms with E-state index in [4.69, 9.17) is 9.47 Å². The molecule has 2 N–H and O–H groups in total. The first-order chi connectivity index (χ1) is 24.1. The number of carbonyl (C=O) groups excluding carboxylic acids is 1. The van der Waals surface area contributed by atoms with Gasteiger partial charge in [0.1, 0.15) is 0 Å². The van der Waals surface area contributed by atoms with Crippen LogP contribution in [0, 0.1) is 0 Å². The fourth-order valence-corrected chi connectivity index (χ4v) is 6.51. The molecule has 9 nitrogen and oxygen atoms in total. The highest BCUT2D eigenvalue weighted by Gasteiger charge is 2.34. The van der Waals surface area contributed by atoms with E-state index in [0.717, 1.165) is 78.5 Å². The first-order valence-electron chi connectivity index (χ1n) is 16.9. The second kappa shape index (κ2) is 15.5. The number of aliphatic hydroxyl groups is 1. The normalized spacial score (nSPS) is 19.8. The monoisotopic (exact) mass is 655 g/mol. The number of amides is 1. The average molecular weight is 656 g/mol. The number of hydrogen-bond acceptors (Lipinski definition) is 8. The number of carbonyl (C=O) groups is 1. The Morgan fingerprint density at radius 3 is 2.24 bits per heavy atom. The van der Waals surface area contributed by atoms with Gasteiger partial charge in [0.15, 0.2) is 6.29 Å². The number of aromatic nitrogens is 2. The van der Waals surface area contributed by atoms with Crippen LogP contribution in [0.4, 0.5) is 5.95 Å². The molecule has 4 aromatic carbocycles. The van der Waals surface area contributed by atoms with E-state index < -0.39 is 6.29 Å². The van der Waals surface area contributed by atoms with Gasteiger partial charge < -0.3 is 24.8 Å². The topological polar surface area (TPSA) is 100 Å². The van der Waals surface area contributed by atoms with Crippen LogP contribution < -0.4 is 10.2 Å². The number of benzene rings is 4. The lowest BCUT2D eigenvalue weighted by molar-refractivity contribution is -0.253. The molecule has 0 bridgehead atoms. The lowest BCUT2D eigenvalue weighted by atomic mass is 9.98. The van der Waals surface area contributed by atoms with Gasteiger partial charge >= 0.3 is 0 Å². The second-order valence-corrected chi connectivity index (χ2v) is 12.6. The number of hydrogen-bond donors (Lipinski definition) is 2. The molecule has 7 rings (SSSR count). The molecule has 0 saturated carbocycles. The summed E-state index contributed by atoms with van der Waals surface area (Å²) in [5.74, 6) is 0.681. The summed E-state index contributed by atoms with van der Waals surface area (Å²) in [6, 6.07) is 35.7. The third-order valence-corrected chi connectivity index (χ3v) is 9.19. The molecule has 2 saturated heterocycles. The minimum absolute atomic E-state index is 0.00749. The van der Waals surface area contributed by atoms with E-state index in [-0.39, 0.29) is 24.7 Å². The van der Waals surface area contributed by atoms with E-state index in [1.807, 2.05) is 78.9 Å². The third kappa shape index (κ3) is 8.21. The second-order valence-electron chi connectivity index (χ2n) is 12.6. The fourth-order valence-electron chi connectivity index (χ4n) is 6.51. The molecule has 5 aromatic rings. The predicted octanol–water partition coefficient (Wildman–Crippen LogP) is 5.93. The quantitative estimate of drug-likeness (QED) is 0.191. The van der Waals surface area contributed by atoms with Crippen molar-refractivity contribution in [2.75, 3.05) is 37.6 Å². The first kappa shape index (κ1) is 32.6. The fraction of sp³-hybridized carbons (Fsp3) is 0.275. The minimum Gasteiger partial charge on any atom is -0.392 e. The number of ether oxygens (including phenoxy) is 2. The zero-order valence-corrected chi connectivity index (χ0v) is 27.4. The summed E-state index contributed by atoms with van der Waals surface area (Å²) in [5.41, 5.74) is 6.66. The van der Waals surface area contributed by atoms with Gasteiger partial charge in [-0.15, -0.1) is 0 Å². The first-order valence-corrected chi connectivity index (χ1v) is 16.9. The predicted molar refractivity (Wildman–Crippen MR) is 189 cm³/mol. The Balaban J connectivity index is 1.06. The Morgan fingerprint density at radius 1 is 0.755 bits per heavy atom. The van der Waals surface area contributed by atoms with Crippen molar-refractivity contribution < 1.29 is 19.4 Å². The SMILES string of the molecule is O=C(NCc1cccc(-c2cccc([C@H]3O[C@@H](CN4CCN(c5ncccn5)CC4)C[C@@H](c4ccc(CO)cc4)O3)c2)c1)c1ccccc1. The van der Waals surface area contributed by atoms with Crippen LogP contribution >= 0.6 is 0 Å². The van der Waals surface area contributed by atoms with Crippen LogP contribution in [0.2, 0.25) is 0 Å². The molecule has 2 fully saturated rings. The molecule has 0 radical (unpaired) electrons. The molecule has 0 unspecified atom stereocenters. The van der Waals surface area contributed by atoms with Gasteiger partial charge in [-0.25, -0.2) is 9.97 Å². The summed E-state index contributed by atoms with van der Waals surface area (Å²) in [4.78, 5) is 26.2. The van der Waals surface area contributed by atoms with Gasteiger partial charge in [0.05, 0.1) is 18.8 Å². The van der Waals surface area contributed by atoms with Crippen LogP contribution in [0.15, 0.2) is 122 Å². The molecule has 2 aliphatic rings. The molecule has 9 heteroatoms. The lowest BCUT2D eigenvalue weighted by Gasteiger charge is -2.40. The molecule has 0 spiro atoms. The number of anilines is 1. The Bertz CT molecular complexity index is 1810. The number of rotatable bonds is 10. The zero-order valence-electron chi connectivity index (χ0n) is 27.4. The van der Waals surface area contributed by atoms with Gasteiger partial charge in [0.2, 0.25) is 5.95 Å². The molecule has 2 aliphatic heterocycles. The largest absolute Gasteiger partial charge is 0.392 e. The number of piperazine rings is 1. The summed E-state index contributed by atoms with van der Waals surface area (Å²) in [6.07, 6.45) is 3.56. The van der Waals surface area contributed by atoms with Crippen molar-refractivity contribution in [3.05, 3.63) is 149 Å². The van der Waals surface area contributed by atoms with Crippen LogP contribution in [-0.4, -0.2) is 64.7 Å². The van der Waals surface area contributed by atoms with Crippen LogP contribution in [0.3, 0.4) is 0 Å². The van der Waals surface area contributed by atoms with Crippen molar-refractivity contribution in [2.45, 2.75) is 38.1 Å². The van der Waals surface area contributed by atoms with E-state index in [2.05, 4.69) is 55.4 Å². The van der Waals surface area contributed by atoms with Gasteiger partial charge in [0.25, 0.3) is 5.91 Å². The van der Waals surface area contributed by atoms with E-state index in [1.54, 1.807) is 12.4 Å². The van der Waals surface area contributed by atoms with E-state index in [0.29, 0.717) is 12.1 Å². The maximum atomic E-state index is 12.6. The Hall–Kier alpha value is -4.93. The zero-order chi connectivity index (χ0) is 33.4. The van der Waals surface area contributed by atoms with Gasteiger partial charge in [0, 0.05) is 69.2 Å². The smallest absolute Gasteiger partial charge is 0.251 e. The number of aliphatic hydroxyl groups excluding tert-OH is 1. The Labute approximate surface area is 287 Å². The van der Waals surface area contributed by atoms with Gasteiger partial charge in [-0.05, 0) is 58.1 Å². The molecule has 250 valence electrons. The van der Waals surface area contributed by atoms with Crippen LogP contribution in [0.5, 0.6) is 0 Å². The highest BCUT2D eigenvalue weighted by molar-refractivity contribution is 5.94. The summed E-state index contributed by atoms with van der Waals surface area (Å²) >= 11 is 0. The molecule has 1 aromatic heterocycles. The van der Waals surface area contributed by atoms with Gasteiger partial charge in [-0.3, -0.25) is 9.69 Å².